The minimum absolute atomic E-state index is 0.0648. The van der Waals surface area contributed by atoms with Gasteiger partial charge in [0.25, 0.3) is 0 Å². The first-order valence-electron chi connectivity index (χ1n) is 8.48. The van der Waals surface area contributed by atoms with Crippen molar-refractivity contribution in [1.29, 1.82) is 0 Å². The zero-order valence-electron chi connectivity index (χ0n) is 14.4. The third-order valence-corrected chi connectivity index (χ3v) is 4.78. The van der Waals surface area contributed by atoms with Crippen molar-refractivity contribution < 1.29 is 9.90 Å². The molecular weight excluding hydrogens is 336 g/mol. The van der Waals surface area contributed by atoms with Gasteiger partial charge in [0, 0.05) is 6.42 Å². The summed E-state index contributed by atoms with van der Waals surface area (Å²) in [6.45, 7) is 4.62. The fourth-order valence-electron chi connectivity index (χ4n) is 3.19. The number of fused-ring (bicyclic) bond motifs is 1. The van der Waals surface area contributed by atoms with E-state index in [9.17, 15) is 9.90 Å². The second-order valence-corrected chi connectivity index (χ2v) is 6.61. The van der Waals surface area contributed by atoms with Gasteiger partial charge in [0.05, 0.1) is 6.54 Å². The van der Waals surface area contributed by atoms with Gasteiger partial charge < -0.3 is 9.67 Å². The summed E-state index contributed by atoms with van der Waals surface area (Å²) in [5.74, 6) is -0.314. The molecule has 0 aliphatic carbocycles. The SMILES string of the molecule is CCCCc1nc(Cl)c(C(=O)O)n1Cc1ccc(C)c2ccccc12. The smallest absolute Gasteiger partial charge is 0.355 e. The average Bonchev–Trinajstić information content (AvgIpc) is 2.91. The lowest BCUT2D eigenvalue weighted by molar-refractivity contribution is 0.0685. The van der Waals surface area contributed by atoms with Gasteiger partial charge in [0.1, 0.15) is 5.82 Å². The van der Waals surface area contributed by atoms with E-state index in [0.29, 0.717) is 13.0 Å². The Labute approximate surface area is 152 Å². The normalized spacial score (nSPS) is 11.2. The Morgan fingerprint density at radius 3 is 2.60 bits per heavy atom. The van der Waals surface area contributed by atoms with E-state index in [0.717, 1.165) is 29.6 Å². The number of imidazole rings is 1. The summed E-state index contributed by atoms with van der Waals surface area (Å²) in [6, 6.07) is 12.3. The highest BCUT2D eigenvalue weighted by Crippen LogP contribution is 2.26. The quantitative estimate of drug-likeness (QED) is 0.669. The number of hydrogen-bond donors (Lipinski definition) is 1. The van der Waals surface area contributed by atoms with Crippen molar-refractivity contribution in [2.45, 2.75) is 39.7 Å². The van der Waals surface area contributed by atoms with Crippen molar-refractivity contribution in [1.82, 2.24) is 9.55 Å². The summed E-state index contributed by atoms with van der Waals surface area (Å²) in [5, 5.41) is 11.9. The van der Waals surface area contributed by atoms with Gasteiger partial charge in [-0.2, -0.15) is 0 Å². The Bertz CT molecular complexity index is 931. The van der Waals surface area contributed by atoms with Gasteiger partial charge in [-0.25, -0.2) is 9.78 Å². The number of unbranched alkanes of at least 4 members (excludes halogenated alkanes) is 1. The molecule has 0 radical (unpaired) electrons. The number of carboxylic acids is 1. The first-order chi connectivity index (χ1) is 12.0. The topological polar surface area (TPSA) is 55.1 Å². The molecule has 0 saturated heterocycles. The lowest BCUT2D eigenvalue weighted by atomic mass is 10.00. The molecule has 2 aromatic carbocycles. The number of aryl methyl sites for hydroxylation is 2. The highest BCUT2D eigenvalue weighted by Gasteiger charge is 2.22. The van der Waals surface area contributed by atoms with Crippen molar-refractivity contribution in [2.75, 3.05) is 0 Å². The van der Waals surface area contributed by atoms with Crippen LogP contribution in [0, 0.1) is 6.92 Å². The Morgan fingerprint density at radius 2 is 1.92 bits per heavy atom. The van der Waals surface area contributed by atoms with Crippen LogP contribution in [0.4, 0.5) is 0 Å². The van der Waals surface area contributed by atoms with Crippen molar-refractivity contribution in [3.63, 3.8) is 0 Å². The van der Waals surface area contributed by atoms with Crippen LogP contribution in [0.3, 0.4) is 0 Å². The molecular formula is C20H21ClN2O2. The number of halogens is 1. The maximum absolute atomic E-state index is 11.7. The van der Waals surface area contributed by atoms with Gasteiger partial charge >= 0.3 is 5.97 Å². The molecule has 0 unspecified atom stereocenters. The Balaban J connectivity index is 2.11. The molecule has 4 nitrogen and oxygen atoms in total. The third-order valence-electron chi connectivity index (χ3n) is 4.52. The number of hydrogen-bond acceptors (Lipinski definition) is 2. The summed E-state index contributed by atoms with van der Waals surface area (Å²) in [6.07, 6.45) is 2.68. The minimum Gasteiger partial charge on any atom is -0.476 e. The van der Waals surface area contributed by atoms with Crippen LogP contribution in [0.2, 0.25) is 5.15 Å². The molecule has 0 aliphatic rings. The van der Waals surface area contributed by atoms with Crippen LogP contribution in [0.1, 0.15) is 47.2 Å². The summed E-state index contributed by atoms with van der Waals surface area (Å²) in [4.78, 5) is 16.0. The van der Waals surface area contributed by atoms with Crippen molar-refractivity contribution in [2.24, 2.45) is 0 Å². The minimum atomic E-state index is -1.04. The molecule has 1 aromatic heterocycles. The van der Waals surface area contributed by atoms with Gasteiger partial charge in [-0.1, -0.05) is 61.3 Å². The number of rotatable bonds is 6. The molecule has 130 valence electrons. The van der Waals surface area contributed by atoms with Gasteiger partial charge in [-0.05, 0) is 35.2 Å². The molecule has 0 saturated carbocycles. The molecule has 5 heteroatoms. The molecule has 1 heterocycles. The van der Waals surface area contributed by atoms with Crippen LogP contribution in [0.15, 0.2) is 36.4 Å². The van der Waals surface area contributed by atoms with Crippen LogP contribution in [-0.2, 0) is 13.0 Å². The molecule has 0 amide bonds. The molecule has 25 heavy (non-hydrogen) atoms. The Kier molecular flexibility index (Phi) is 5.09. The Hall–Kier alpha value is -2.33. The van der Waals surface area contributed by atoms with E-state index in [1.165, 1.54) is 10.9 Å². The largest absolute Gasteiger partial charge is 0.476 e. The summed E-state index contributed by atoms with van der Waals surface area (Å²) < 4.78 is 1.75. The second-order valence-electron chi connectivity index (χ2n) is 6.25. The van der Waals surface area contributed by atoms with Crippen molar-refractivity contribution >= 4 is 28.3 Å². The number of aromatic nitrogens is 2. The van der Waals surface area contributed by atoms with E-state index in [-0.39, 0.29) is 10.8 Å². The Morgan fingerprint density at radius 1 is 1.20 bits per heavy atom. The molecule has 0 atom stereocenters. The van der Waals surface area contributed by atoms with Gasteiger partial charge in [-0.3, -0.25) is 0 Å². The van der Waals surface area contributed by atoms with E-state index in [1.54, 1.807) is 4.57 Å². The number of aromatic carboxylic acids is 1. The molecule has 3 rings (SSSR count). The third kappa shape index (κ3) is 3.40. The van der Waals surface area contributed by atoms with Crippen LogP contribution in [-0.4, -0.2) is 20.6 Å². The average molecular weight is 357 g/mol. The highest BCUT2D eigenvalue weighted by molar-refractivity contribution is 6.32. The zero-order valence-corrected chi connectivity index (χ0v) is 15.2. The van der Waals surface area contributed by atoms with Crippen LogP contribution in [0.5, 0.6) is 0 Å². The molecule has 0 aliphatic heterocycles. The lowest BCUT2D eigenvalue weighted by Gasteiger charge is -2.13. The van der Waals surface area contributed by atoms with E-state index in [4.69, 9.17) is 11.6 Å². The summed E-state index contributed by atoms with van der Waals surface area (Å²) in [7, 11) is 0. The van der Waals surface area contributed by atoms with E-state index >= 15 is 0 Å². The first kappa shape index (κ1) is 17.5. The monoisotopic (exact) mass is 356 g/mol. The number of carbonyl (C=O) groups is 1. The van der Waals surface area contributed by atoms with Crippen LogP contribution < -0.4 is 0 Å². The summed E-state index contributed by atoms with van der Waals surface area (Å²) >= 11 is 6.12. The van der Waals surface area contributed by atoms with Crippen molar-refractivity contribution in [3.05, 3.63) is 64.2 Å². The number of benzene rings is 2. The zero-order chi connectivity index (χ0) is 18.0. The molecule has 1 N–H and O–H groups in total. The fraction of sp³-hybridized carbons (Fsp3) is 0.300. The molecule has 0 bridgehead atoms. The van der Waals surface area contributed by atoms with Gasteiger partial charge in [-0.15, -0.1) is 0 Å². The maximum Gasteiger partial charge on any atom is 0.355 e. The van der Waals surface area contributed by atoms with E-state index < -0.39 is 5.97 Å². The van der Waals surface area contributed by atoms with Crippen molar-refractivity contribution in [3.8, 4) is 0 Å². The molecule has 3 aromatic rings. The first-order valence-corrected chi connectivity index (χ1v) is 8.86. The van der Waals surface area contributed by atoms with Crippen LogP contribution in [0.25, 0.3) is 10.8 Å². The predicted octanol–water partition coefficient (Wildman–Crippen LogP) is 5.09. The molecule has 0 spiro atoms. The van der Waals surface area contributed by atoms with Crippen LogP contribution >= 0.6 is 11.6 Å². The lowest BCUT2D eigenvalue weighted by Crippen LogP contribution is -2.13. The number of nitrogens with zero attached hydrogens (tertiary/aromatic N) is 2. The second kappa shape index (κ2) is 7.28. The van der Waals surface area contributed by atoms with Gasteiger partial charge in [0.15, 0.2) is 10.8 Å². The summed E-state index contributed by atoms with van der Waals surface area (Å²) in [5.41, 5.74) is 2.33. The van der Waals surface area contributed by atoms with E-state index in [1.807, 2.05) is 12.1 Å². The molecule has 0 fully saturated rings. The highest BCUT2D eigenvalue weighted by atomic mass is 35.5. The van der Waals surface area contributed by atoms with E-state index in [2.05, 4.69) is 43.1 Å². The fourth-order valence-corrected chi connectivity index (χ4v) is 3.47. The standard InChI is InChI=1S/C20H21ClN2O2/c1-3-4-9-17-22-19(21)18(20(24)25)23(17)12-14-11-10-13(2)15-7-5-6-8-16(14)15/h5-8,10-11H,3-4,9,12H2,1-2H3,(H,24,25). The number of carboxylic acid groups (broad SMARTS) is 1. The predicted molar refractivity (Wildman–Crippen MR) is 101 cm³/mol. The maximum atomic E-state index is 11.7. The van der Waals surface area contributed by atoms with Gasteiger partial charge in [0.2, 0.25) is 0 Å².